The maximum atomic E-state index is 12.5. The minimum atomic E-state index is -3.92. The first kappa shape index (κ1) is 15.9. The average Bonchev–Trinajstić information content (AvgIpc) is 2.40. The van der Waals surface area contributed by atoms with Crippen LogP contribution in [0.25, 0.3) is 0 Å². The van der Waals surface area contributed by atoms with Gasteiger partial charge in [0.2, 0.25) is 10.0 Å². The minimum Gasteiger partial charge on any atom is -0.328 e. The van der Waals surface area contributed by atoms with E-state index in [0.717, 1.165) is 12.8 Å². The quantitative estimate of drug-likeness (QED) is 0.645. The lowest BCUT2D eigenvalue weighted by Gasteiger charge is -2.26. The zero-order valence-electron chi connectivity index (χ0n) is 11.8. The average molecular weight is 313 g/mol. The van der Waals surface area contributed by atoms with E-state index in [2.05, 4.69) is 4.72 Å². The molecule has 21 heavy (non-hydrogen) atoms. The molecule has 0 atom stereocenters. The molecule has 0 amide bonds. The van der Waals surface area contributed by atoms with Crippen molar-refractivity contribution in [2.75, 3.05) is 0 Å². The summed E-state index contributed by atoms with van der Waals surface area (Å²) in [5.74, 6) is 0. The number of hydrogen-bond donors (Lipinski definition) is 2. The molecule has 7 nitrogen and oxygen atoms in total. The summed E-state index contributed by atoms with van der Waals surface area (Å²) in [7, 11) is -3.92. The van der Waals surface area contributed by atoms with Gasteiger partial charge in [0.25, 0.3) is 5.69 Å². The second-order valence-electron chi connectivity index (χ2n) is 5.41. The minimum absolute atomic E-state index is 0.110. The number of nitrogens with zero attached hydrogens (tertiary/aromatic N) is 1. The summed E-state index contributed by atoms with van der Waals surface area (Å²) in [6, 6.07) is 4.13. The zero-order chi connectivity index (χ0) is 15.6. The number of hydrogen-bond acceptors (Lipinski definition) is 5. The maximum Gasteiger partial charge on any atom is 0.289 e. The lowest BCUT2D eigenvalue weighted by atomic mass is 9.93. The molecule has 0 unspecified atom stereocenters. The molecule has 2 rings (SSSR count). The molecule has 116 valence electrons. The van der Waals surface area contributed by atoms with Crippen LogP contribution in [-0.2, 0) is 10.0 Å². The van der Waals surface area contributed by atoms with E-state index in [1.807, 2.05) is 0 Å². The number of nitrogens with one attached hydrogen (secondary N) is 1. The summed E-state index contributed by atoms with van der Waals surface area (Å²) in [6.07, 6.45) is 2.81. The molecule has 1 aromatic rings. The van der Waals surface area contributed by atoms with Gasteiger partial charge in [0.1, 0.15) is 0 Å². The van der Waals surface area contributed by atoms with Crippen molar-refractivity contribution in [3.8, 4) is 0 Å². The Bertz CT molecular complexity index is 637. The number of rotatable bonds is 4. The summed E-state index contributed by atoms with van der Waals surface area (Å²) in [5.41, 5.74) is 5.76. The highest BCUT2D eigenvalue weighted by molar-refractivity contribution is 7.89. The number of nitro benzene ring substituents is 1. The third-order valence-corrected chi connectivity index (χ3v) is 5.46. The molecule has 0 bridgehead atoms. The molecular weight excluding hydrogens is 294 g/mol. The summed E-state index contributed by atoms with van der Waals surface area (Å²) < 4.78 is 27.5. The van der Waals surface area contributed by atoms with E-state index >= 15 is 0 Å². The number of aryl methyl sites for hydroxylation is 1. The van der Waals surface area contributed by atoms with Crippen molar-refractivity contribution in [3.63, 3.8) is 0 Å². The third kappa shape index (κ3) is 3.58. The summed E-state index contributed by atoms with van der Waals surface area (Å²) in [5, 5.41) is 11.1. The molecule has 1 aromatic carbocycles. The van der Waals surface area contributed by atoms with E-state index < -0.39 is 20.6 Å². The van der Waals surface area contributed by atoms with Gasteiger partial charge in [0.15, 0.2) is 4.90 Å². The maximum absolute atomic E-state index is 12.5. The van der Waals surface area contributed by atoms with Gasteiger partial charge in [-0.2, -0.15) is 0 Å². The number of nitro groups is 1. The van der Waals surface area contributed by atoms with Gasteiger partial charge in [-0.25, -0.2) is 13.1 Å². The smallest absolute Gasteiger partial charge is 0.289 e. The van der Waals surface area contributed by atoms with Gasteiger partial charge in [-0.3, -0.25) is 10.1 Å². The van der Waals surface area contributed by atoms with E-state index in [0.29, 0.717) is 18.4 Å². The van der Waals surface area contributed by atoms with Crippen LogP contribution in [0.15, 0.2) is 23.1 Å². The van der Waals surface area contributed by atoms with E-state index in [1.165, 1.54) is 12.1 Å². The topological polar surface area (TPSA) is 115 Å². The Hall–Kier alpha value is -1.51. The van der Waals surface area contributed by atoms with Crippen molar-refractivity contribution in [2.45, 2.75) is 49.6 Å². The molecule has 0 heterocycles. The predicted octanol–water partition coefficient (Wildman–Crippen LogP) is 1.45. The molecule has 0 spiro atoms. The summed E-state index contributed by atoms with van der Waals surface area (Å²) in [4.78, 5) is 10.1. The Morgan fingerprint density at radius 3 is 2.48 bits per heavy atom. The van der Waals surface area contributed by atoms with Crippen LogP contribution in [0, 0.1) is 17.0 Å². The van der Waals surface area contributed by atoms with Crippen LogP contribution in [-0.4, -0.2) is 25.4 Å². The van der Waals surface area contributed by atoms with Crippen molar-refractivity contribution in [3.05, 3.63) is 33.9 Å². The molecule has 0 aliphatic heterocycles. The zero-order valence-corrected chi connectivity index (χ0v) is 12.6. The Balaban J connectivity index is 2.30. The van der Waals surface area contributed by atoms with E-state index in [-0.39, 0.29) is 17.0 Å². The van der Waals surface area contributed by atoms with Crippen LogP contribution in [0.1, 0.15) is 31.2 Å². The monoisotopic (exact) mass is 313 g/mol. The van der Waals surface area contributed by atoms with E-state index in [9.17, 15) is 18.5 Å². The van der Waals surface area contributed by atoms with Gasteiger partial charge in [-0.15, -0.1) is 0 Å². The van der Waals surface area contributed by atoms with E-state index in [4.69, 9.17) is 5.73 Å². The fourth-order valence-corrected chi connectivity index (χ4v) is 4.35. The second kappa shape index (κ2) is 6.08. The van der Waals surface area contributed by atoms with Gasteiger partial charge in [-0.1, -0.05) is 12.1 Å². The Morgan fingerprint density at radius 1 is 1.29 bits per heavy atom. The van der Waals surface area contributed by atoms with Crippen molar-refractivity contribution in [2.24, 2.45) is 5.73 Å². The molecule has 3 N–H and O–H groups in total. The first-order valence-corrected chi connectivity index (χ1v) is 8.31. The molecule has 1 aliphatic rings. The van der Waals surface area contributed by atoms with Crippen LogP contribution >= 0.6 is 0 Å². The summed E-state index contributed by atoms with van der Waals surface area (Å²) in [6.45, 7) is 1.55. The normalized spacial score (nSPS) is 23.0. The third-order valence-electron chi connectivity index (χ3n) is 3.75. The SMILES string of the molecule is Cc1cccc([N+](=O)[O-])c1S(=O)(=O)NC1CCC(N)CC1. The standard InChI is InChI=1S/C13H19N3O4S/c1-9-3-2-4-12(16(17)18)13(9)21(19,20)15-11-7-5-10(14)6-8-11/h2-4,10-11,15H,5-8,14H2,1H3. The van der Waals surface area contributed by atoms with Gasteiger partial charge in [0, 0.05) is 18.2 Å². The molecule has 8 heteroatoms. The van der Waals surface area contributed by atoms with Crippen LogP contribution in [0.2, 0.25) is 0 Å². The number of benzene rings is 1. The van der Waals surface area contributed by atoms with Gasteiger partial charge >= 0.3 is 0 Å². The lowest BCUT2D eigenvalue weighted by Crippen LogP contribution is -2.40. The molecule has 1 fully saturated rings. The summed E-state index contributed by atoms with van der Waals surface area (Å²) >= 11 is 0. The molecule has 0 aromatic heterocycles. The van der Waals surface area contributed by atoms with Crippen LogP contribution < -0.4 is 10.5 Å². The molecular formula is C13H19N3O4S. The molecule has 0 radical (unpaired) electrons. The van der Waals surface area contributed by atoms with Gasteiger partial charge in [-0.05, 0) is 38.2 Å². The van der Waals surface area contributed by atoms with Crippen LogP contribution in [0.5, 0.6) is 0 Å². The lowest BCUT2D eigenvalue weighted by molar-refractivity contribution is -0.387. The Kier molecular flexibility index (Phi) is 4.60. The molecule has 1 saturated carbocycles. The van der Waals surface area contributed by atoms with Crippen molar-refractivity contribution in [1.82, 2.24) is 4.72 Å². The fraction of sp³-hybridized carbons (Fsp3) is 0.538. The largest absolute Gasteiger partial charge is 0.328 e. The highest BCUT2D eigenvalue weighted by atomic mass is 32.2. The fourth-order valence-electron chi connectivity index (χ4n) is 2.65. The second-order valence-corrected chi connectivity index (χ2v) is 7.06. The first-order chi connectivity index (χ1) is 9.81. The van der Waals surface area contributed by atoms with Gasteiger partial charge in [0.05, 0.1) is 4.92 Å². The van der Waals surface area contributed by atoms with Crippen LogP contribution in [0.4, 0.5) is 5.69 Å². The number of sulfonamides is 1. The van der Waals surface area contributed by atoms with Crippen molar-refractivity contribution in [1.29, 1.82) is 0 Å². The van der Waals surface area contributed by atoms with Crippen molar-refractivity contribution < 1.29 is 13.3 Å². The highest BCUT2D eigenvalue weighted by Crippen LogP contribution is 2.28. The molecule has 0 saturated heterocycles. The van der Waals surface area contributed by atoms with Crippen LogP contribution in [0.3, 0.4) is 0 Å². The predicted molar refractivity (Wildman–Crippen MR) is 78.4 cm³/mol. The first-order valence-electron chi connectivity index (χ1n) is 6.83. The Labute approximate surface area is 123 Å². The van der Waals surface area contributed by atoms with Gasteiger partial charge < -0.3 is 5.73 Å². The Morgan fingerprint density at radius 2 is 1.90 bits per heavy atom. The van der Waals surface area contributed by atoms with E-state index in [1.54, 1.807) is 13.0 Å². The highest BCUT2D eigenvalue weighted by Gasteiger charge is 2.31. The molecule has 1 aliphatic carbocycles. The van der Waals surface area contributed by atoms with Crippen molar-refractivity contribution >= 4 is 15.7 Å². The number of nitrogens with two attached hydrogens (primary N) is 1.